The highest BCUT2D eigenvalue weighted by Crippen LogP contribution is 2.34. The molecule has 3 aromatic heterocycles. The number of aryl methyl sites for hydroxylation is 1. The van der Waals surface area contributed by atoms with E-state index in [1.807, 2.05) is 0 Å². The number of hydrogen-bond donors (Lipinski definition) is 2. The minimum atomic E-state index is -0.588. The van der Waals surface area contributed by atoms with Gasteiger partial charge in [0, 0.05) is 32.0 Å². The first kappa shape index (κ1) is 20.0. The minimum absolute atomic E-state index is 0.107. The molecule has 10 heteroatoms. The van der Waals surface area contributed by atoms with Crippen LogP contribution in [0.2, 0.25) is 0 Å². The summed E-state index contributed by atoms with van der Waals surface area (Å²) >= 11 is 0. The largest absolute Gasteiger partial charge is 0.343 e. The number of anilines is 1. The molecule has 0 atom stereocenters. The number of amides is 2. The Morgan fingerprint density at radius 2 is 1.97 bits per heavy atom. The minimum Gasteiger partial charge on any atom is -0.343 e. The van der Waals surface area contributed by atoms with E-state index in [1.165, 1.54) is 6.92 Å². The Kier molecular flexibility index (Phi) is 5.73. The summed E-state index contributed by atoms with van der Waals surface area (Å²) in [6, 6.07) is 3.44. The average molecular weight is 411 g/mol. The van der Waals surface area contributed by atoms with E-state index < -0.39 is 5.54 Å². The predicted molar refractivity (Wildman–Crippen MR) is 107 cm³/mol. The molecule has 1 aliphatic carbocycles. The van der Waals surface area contributed by atoms with Crippen LogP contribution in [-0.2, 0) is 21.5 Å². The molecular formula is C20H25N7O3. The van der Waals surface area contributed by atoms with Crippen LogP contribution in [0.25, 0.3) is 5.65 Å². The Labute approximate surface area is 173 Å². The monoisotopic (exact) mass is 411 g/mol. The van der Waals surface area contributed by atoms with E-state index in [0.717, 1.165) is 38.5 Å². The van der Waals surface area contributed by atoms with E-state index in [-0.39, 0.29) is 18.2 Å². The van der Waals surface area contributed by atoms with Crippen molar-refractivity contribution in [3.05, 3.63) is 36.2 Å². The molecule has 30 heavy (non-hydrogen) atoms. The van der Waals surface area contributed by atoms with E-state index in [1.54, 1.807) is 29.0 Å². The first-order chi connectivity index (χ1) is 14.6. The number of fused-ring (bicyclic) bond motifs is 1. The van der Waals surface area contributed by atoms with E-state index in [2.05, 4.69) is 30.9 Å². The predicted octanol–water partition coefficient (Wildman–Crippen LogP) is 2.37. The summed E-state index contributed by atoms with van der Waals surface area (Å²) in [4.78, 5) is 32.9. The lowest BCUT2D eigenvalue weighted by atomic mass is 9.89. The molecule has 1 aliphatic rings. The summed E-state index contributed by atoms with van der Waals surface area (Å²) in [6.45, 7) is 1.51. The maximum atomic E-state index is 12.4. The standard InChI is InChI=1S/C20H25N7O3/c1-14(28)25-20(10-4-2-3-5-11-20)19-24-18(30-26-19)7-6-17(29)23-16-8-12-21-15-9-13-22-27(15)16/h8-9,12-13H,2-7,10-11H2,1H3,(H,23,29)(H,25,28). The van der Waals surface area contributed by atoms with Gasteiger partial charge in [-0.3, -0.25) is 9.59 Å². The second kappa shape index (κ2) is 8.60. The third-order valence-corrected chi connectivity index (χ3v) is 5.39. The lowest BCUT2D eigenvalue weighted by molar-refractivity contribution is -0.121. The van der Waals surface area contributed by atoms with Crippen LogP contribution in [0, 0.1) is 0 Å². The van der Waals surface area contributed by atoms with Crippen molar-refractivity contribution in [2.75, 3.05) is 5.32 Å². The second-order valence-corrected chi connectivity index (χ2v) is 7.67. The number of nitrogens with one attached hydrogen (secondary N) is 2. The number of nitrogens with zero attached hydrogens (tertiary/aromatic N) is 5. The molecule has 2 amide bonds. The van der Waals surface area contributed by atoms with Crippen molar-refractivity contribution in [1.82, 2.24) is 30.1 Å². The fourth-order valence-electron chi connectivity index (χ4n) is 3.98. The number of aromatic nitrogens is 5. The van der Waals surface area contributed by atoms with Crippen LogP contribution in [0.1, 0.15) is 63.6 Å². The summed E-state index contributed by atoms with van der Waals surface area (Å²) < 4.78 is 6.97. The summed E-state index contributed by atoms with van der Waals surface area (Å²) in [7, 11) is 0. The lowest BCUT2D eigenvalue weighted by Gasteiger charge is -2.30. The van der Waals surface area contributed by atoms with Crippen molar-refractivity contribution >= 4 is 23.3 Å². The summed E-state index contributed by atoms with van der Waals surface area (Å²) in [6.07, 6.45) is 9.56. The third-order valence-electron chi connectivity index (χ3n) is 5.39. The van der Waals surface area contributed by atoms with Gasteiger partial charge in [-0.05, 0) is 18.9 Å². The van der Waals surface area contributed by atoms with Gasteiger partial charge in [-0.2, -0.15) is 14.6 Å². The fraction of sp³-hybridized carbons (Fsp3) is 0.500. The van der Waals surface area contributed by atoms with Gasteiger partial charge in [0.1, 0.15) is 11.4 Å². The van der Waals surface area contributed by atoms with Crippen molar-refractivity contribution in [1.29, 1.82) is 0 Å². The molecule has 3 heterocycles. The summed E-state index contributed by atoms with van der Waals surface area (Å²) in [5.41, 5.74) is 0.0655. The van der Waals surface area contributed by atoms with Gasteiger partial charge in [0.05, 0.1) is 6.20 Å². The SMILES string of the molecule is CC(=O)NC1(c2noc(CCC(=O)Nc3ccnc4ccnn34)n2)CCCCCC1. The number of hydrogen-bond acceptors (Lipinski definition) is 7. The average Bonchev–Trinajstić information content (AvgIpc) is 3.33. The molecule has 0 aliphatic heterocycles. The quantitative estimate of drug-likeness (QED) is 0.596. The zero-order valence-corrected chi connectivity index (χ0v) is 16.9. The molecule has 4 rings (SSSR count). The van der Waals surface area contributed by atoms with Gasteiger partial charge in [0.15, 0.2) is 11.5 Å². The molecule has 10 nitrogen and oxygen atoms in total. The zero-order chi connectivity index (χ0) is 21.0. The van der Waals surface area contributed by atoms with Gasteiger partial charge in [0.2, 0.25) is 17.7 Å². The van der Waals surface area contributed by atoms with Crippen molar-refractivity contribution in [2.24, 2.45) is 0 Å². The van der Waals surface area contributed by atoms with Gasteiger partial charge in [0.25, 0.3) is 0 Å². The van der Waals surface area contributed by atoms with Crippen molar-refractivity contribution in [3.8, 4) is 0 Å². The van der Waals surface area contributed by atoms with Gasteiger partial charge >= 0.3 is 0 Å². The van der Waals surface area contributed by atoms with E-state index >= 15 is 0 Å². The highest BCUT2D eigenvalue weighted by atomic mass is 16.5. The molecular weight excluding hydrogens is 386 g/mol. The molecule has 1 fully saturated rings. The first-order valence-corrected chi connectivity index (χ1v) is 10.3. The molecule has 0 radical (unpaired) electrons. The van der Waals surface area contributed by atoms with Crippen LogP contribution in [0.15, 0.2) is 29.0 Å². The molecule has 0 saturated heterocycles. The summed E-state index contributed by atoms with van der Waals surface area (Å²) in [5.74, 6) is 1.13. The smallest absolute Gasteiger partial charge is 0.227 e. The van der Waals surface area contributed by atoms with Gasteiger partial charge in [-0.25, -0.2) is 4.98 Å². The van der Waals surface area contributed by atoms with Crippen LogP contribution in [0.4, 0.5) is 5.82 Å². The van der Waals surface area contributed by atoms with Crippen LogP contribution in [-0.4, -0.2) is 36.6 Å². The second-order valence-electron chi connectivity index (χ2n) is 7.67. The molecule has 1 saturated carbocycles. The third kappa shape index (κ3) is 4.32. The highest BCUT2D eigenvalue weighted by molar-refractivity contribution is 5.90. The lowest BCUT2D eigenvalue weighted by Crippen LogP contribution is -2.45. The molecule has 3 aromatic rings. The van der Waals surface area contributed by atoms with Gasteiger partial charge in [-0.1, -0.05) is 30.8 Å². The van der Waals surface area contributed by atoms with Crippen molar-refractivity contribution in [2.45, 2.75) is 63.8 Å². The number of carbonyl (C=O) groups excluding carboxylic acids is 2. The van der Waals surface area contributed by atoms with E-state index in [0.29, 0.717) is 29.6 Å². The Morgan fingerprint density at radius 3 is 2.73 bits per heavy atom. The molecule has 0 bridgehead atoms. The zero-order valence-electron chi connectivity index (χ0n) is 16.9. The Morgan fingerprint density at radius 1 is 1.17 bits per heavy atom. The van der Waals surface area contributed by atoms with Crippen LogP contribution in [0.3, 0.4) is 0 Å². The van der Waals surface area contributed by atoms with Crippen LogP contribution in [0.5, 0.6) is 0 Å². The van der Waals surface area contributed by atoms with E-state index in [4.69, 9.17) is 4.52 Å². The van der Waals surface area contributed by atoms with Crippen LogP contribution < -0.4 is 10.6 Å². The number of rotatable bonds is 6. The van der Waals surface area contributed by atoms with Crippen molar-refractivity contribution < 1.29 is 14.1 Å². The van der Waals surface area contributed by atoms with Gasteiger partial charge < -0.3 is 15.2 Å². The highest BCUT2D eigenvalue weighted by Gasteiger charge is 2.38. The summed E-state index contributed by atoms with van der Waals surface area (Å²) in [5, 5.41) is 14.2. The Hall–Kier alpha value is -3.30. The fourth-order valence-corrected chi connectivity index (χ4v) is 3.98. The van der Waals surface area contributed by atoms with E-state index in [9.17, 15) is 9.59 Å². The first-order valence-electron chi connectivity index (χ1n) is 10.3. The molecule has 0 aromatic carbocycles. The molecule has 158 valence electrons. The normalized spacial score (nSPS) is 16.2. The molecule has 0 unspecified atom stereocenters. The maximum absolute atomic E-state index is 12.4. The van der Waals surface area contributed by atoms with Gasteiger partial charge in [-0.15, -0.1) is 0 Å². The number of carbonyl (C=O) groups is 2. The topological polar surface area (TPSA) is 127 Å². The van der Waals surface area contributed by atoms with Crippen LogP contribution >= 0.6 is 0 Å². The van der Waals surface area contributed by atoms with Crippen molar-refractivity contribution in [3.63, 3.8) is 0 Å². The Balaban J connectivity index is 1.41. The Bertz CT molecular complexity index is 1030. The maximum Gasteiger partial charge on any atom is 0.227 e. The molecule has 0 spiro atoms. The molecule has 2 N–H and O–H groups in total.